The number of aryl methyl sites for hydroxylation is 2. The largest absolute Gasteiger partial charge is 0.385 e. The smallest absolute Gasteiger partial charge is 0.246 e. The third-order valence-corrected chi connectivity index (χ3v) is 5.97. The minimum Gasteiger partial charge on any atom is -0.385 e. The Balaban J connectivity index is 1.98. The average molecular weight is 316 g/mol. The van der Waals surface area contributed by atoms with E-state index in [9.17, 15) is 8.42 Å². The molecule has 8 heteroatoms. The van der Waals surface area contributed by atoms with Crippen LogP contribution in [0.25, 0.3) is 0 Å². The van der Waals surface area contributed by atoms with Crippen molar-refractivity contribution in [2.75, 3.05) is 46.4 Å². The van der Waals surface area contributed by atoms with Crippen LogP contribution >= 0.6 is 0 Å². The first-order valence-electron chi connectivity index (χ1n) is 7.20. The molecule has 0 saturated carbocycles. The number of nitrogens with one attached hydrogen (secondary N) is 1. The predicted octanol–water partition coefficient (Wildman–Crippen LogP) is 0.369. The number of aromatic amines is 1. The number of sulfonamides is 1. The zero-order valence-electron chi connectivity index (χ0n) is 12.9. The molecule has 21 heavy (non-hydrogen) atoms. The fraction of sp³-hybridized carbons (Fsp3) is 0.769. The fourth-order valence-corrected chi connectivity index (χ4v) is 4.43. The molecule has 0 spiro atoms. The molecule has 7 nitrogen and oxygen atoms in total. The van der Waals surface area contributed by atoms with Crippen LogP contribution in [0.4, 0.5) is 0 Å². The van der Waals surface area contributed by atoms with Crippen molar-refractivity contribution in [3.63, 3.8) is 0 Å². The quantitative estimate of drug-likeness (QED) is 0.767. The van der Waals surface area contributed by atoms with Gasteiger partial charge in [-0.05, 0) is 20.3 Å². The summed E-state index contributed by atoms with van der Waals surface area (Å²) in [7, 11) is -1.75. The zero-order chi connectivity index (χ0) is 15.5. The highest BCUT2D eigenvalue weighted by Crippen LogP contribution is 2.22. The normalized spacial score (nSPS) is 18.2. The van der Waals surface area contributed by atoms with Gasteiger partial charge in [0.05, 0.1) is 11.4 Å². The summed E-state index contributed by atoms with van der Waals surface area (Å²) in [6.07, 6.45) is 0.975. The van der Waals surface area contributed by atoms with Gasteiger partial charge in [-0.3, -0.25) is 5.10 Å². The van der Waals surface area contributed by atoms with Crippen molar-refractivity contribution in [1.82, 2.24) is 19.4 Å². The third kappa shape index (κ3) is 3.63. The van der Waals surface area contributed by atoms with Gasteiger partial charge in [0.15, 0.2) is 0 Å². The summed E-state index contributed by atoms with van der Waals surface area (Å²) in [5.41, 5.74) is 1.14. The van der Waals surface area contributed by atoms with Gasteiger partial charge in [-0.15, -0.1) is 0 Å². The molecule has 1 aromatic heterocycles. The second-order valence-electron chi connectivity index (χ2n) is 5.36. The van der Waals surface area contributed by atoms with Crippen molar-refractivity contribution in [3.8, 4) is 0 Å². The number of piperazine rings is 1. The van der Waals surface area contributed by atoms with Gasteiger partial charge in [-0.2, -0.15) is 9.40 Å². The van der Waals surface area contributed by atoms with E-state index in [1.807, 2.05) is 0 Å². The molecular weight excluding hydrogens is 292 g/mol. The molecule has 120 valence electrons. The summed E-state index contributed by atoms with van der Waals surface area (Å²) in [4.78, 5) is 2.61. The maximum absolute atomic E-state index is 12.7. The molecule has 1 fully saturated rings. The highest BCUT2D eigenvalue weighted by Gasteiger charge is 2.31. The van der Waals surface area contributed by atoms with E-state index in [-0.39, 0.29) is 0 Å². The molecule has 0 amide bonds. The van der Waals surface area contributed by atoms with Crippen LogP contribution in [-0.4, -0.2) is 74.3 Å². The predicted molar refractivity (Wildman–Crippen MR) is 79.8 cm³/mol. The molecule has 1 aliphatic heterocycles. The number of rotatable bonds is 6. The monoisotopic (exact) mass is 316 g/mol. The molecule has 1 saturated heterocycles. The van der Waals surface area contributed by atoms with E-state index in [0.29, 0.717) is 29.4 Å². The van der Waals surface area contributed by atoms with Gasteiger partial charge in [0.2, 0.25) is 10.0 Å². The first-order chi connectivity index (χ1) is 9.96. The molecule has 0 aromatic carbocycles. The fourth-order valence-electron chi connectivity index (χ4n) is 2.68. The van der Waals surface area contributed by atoms with Gasteiger partial charge >= 0.3 is 0 Å². The lowest BCUT2D eigenvalue weighted by Crippen LogP contribution is -2.49. The third-order valence-electron chi connectivity index (χ3n) is 3.81. The number of nitrogens with zero attached hydrogens (tertiary/aromatic N) is 3. The Morgan fingerprint density at radius 2 is 1.90 bits per heavy atom. The summed E-state index contributed by atoms with van der Waals surface area (Å²) >= 11 is 0. The van der Waals surface area contributed by atoms with Gasteiger partial charge in [-0.25, -0.2) is 8.42 Å². The Labute approximate surface area is 126 Å². The minimum absolute atomic E-state index is 0.329. The molecule has 1 aromatic rings. The number of hydrogen-bond donors (Lipinski definition) is 1. The Bertz CT molecular complexity index is 542. The topological polar surface area (TPSA) is 78.5 Å². The molecule has 0 bridgehead atoms. The molecule has 1 N–H and O–H groups in total. The molecule has 0 radical (unpaired) electrons. The van der Waals surface area contributed by atoms with E-state index < -0.39 is 10.0 Å². The van der Waals surface area contributed by atoms with Crippen molar-refractivity contribution in [2.45, 2.75) is 25.2 Å². The van der Waals surface area contributed by atoms with Gasteiger partial charge in [-0.1, -0.05) is 0 Å². The summed E-state index contributed by atoms with van der Waals surface area (Å²) in [6.45, 7) is 7.74. The van der Waals surface area contributed by atoms with E-state index in [1.54, 1.807) is 25.3 Å². The van der Waals surface area contributed by atoms with E-state index >= 15 is 0 Å². The Hall–Kier alpha value is -0.960. The molecule has 2 heterocycles. The first kappa shape index (κ1) is 16.4. The van der Waals surface area contributed by atoms with Crippen LogP contribution in [0.2, 0.25) is 0 Å². The van der Waals surface area contributed by atoms with Gasteiger partial charge in [0.1, 0.15) is 4.90 Å². The van der Waals surface area contributed by atoms with Crippen LogP contribution in [0.5, 0.6) is 0 Å². The highest BCUT2D eigenvalue weighted by molar-refractivity contribution is 7.89. The lowest BCUT2D eigenvalue weighted by Gasteiger charge is -2.33. The van der Waals surface area contributed by atoms with Crippen molar-refractivity contribution in [1.29, 1.82) is 0 Å². The van der Waals surface area contributed by atoms with Gasteiger partial charge < -0.3 is 9.64 Å². The molecule has 0 atom stereocenters. The summed E-state index contributed by atoms with van der Waals surface area (Å²) in [5.74, 6) is 0. The lowest BCUT2D eigenvalue weighted by molar-refractivity contribution is 0.149. The van der Waals surface area contributed by atoms with E-state index in [4.69, 9.17) is 4.74 Å². The molecule has 1 aliphatic rings. The van der Waals surface area contributed by atoms with Crippen LogP contribution in [0, 0.1) is 13.8 Å². The van der Waals surface area contributed by atoms with Crippen LogP contribution < -0.4 is 0 Å². The van der Waals surface area contributed by atoms with Gasteiger partial charge in [0, 0.05) is 46.4 Å². The molecule has 0 aliphatic carbocycles. The van der Waals surface area contributed by atoms with Crippen LogP contribution in [0.15, 0.2) is 4.90 Å². The molecular formula is C13H24N4O3S. The van der Waals surface area contributed by atoms with Crippen molar-refractivity contribution >= 4 is 10.0 Å². The Kier molecular flexibility index (Phi) is 5.37. The second-order valence-corrected chi connectivity index (χ2v) is 7.23. The number of ether oxygens (including phenoxy) is 1. The minimum atomic E-state index is -3.44. The van der Waals surface area contributed by atoms with E-state index in [0.717, 1.165) is 32.7 Å². The van der Waals surface area contributed by atoms with Crippen LogP contribution in [-0.2, 0) is 14.8 Å². The number of H-pyrrole nitrogens is 1. The van der Waals surface area contributed by atoms with Crippen molar-refractivity contribution in [2.24, 2.45) is 0 Å². The summed E-state index contributed by atoms with van der Waals surface area (Å²) < 4.78 is 32.0. The highest BCUT2D eigenvalue weighted by atomic mass is 32.2. The molecule has 2 rings (SSSR count). The number of methoxy groups -OCH3 is 1. The SMILES string of the molecule is COCCCN1CCN(S(=O)(=O)c2c(C)n[nH]c2C)CC1. The molecule has 0 unspecified atom stereocenters. The van der Waals surface area contributed by atoms with E-state index in [2.05, 4.69) is 15.1 Å². The van der Waals surface area contributed by atoms with Crippen LogP contribution in [0.3, 0.4) is 0 Å². The maximum Gasteiger partial charge on any atom is 0.246 e. The van der Waals surface area contributed by atoms with Crippen molar-refractivity contribution < 1.29 is 13.2 Å². The first-order valence-corrected chi connectivity index (χ1v) is 8.64. The maximum atomic E-state index is 12.7. The number of hydrogen-bond acceptors (Lipinski definition) is 5. The lowest BCUT2D eigenvalue weighted by atomic mass is 10.3. The number of aromatic nitrogens is 2. The average Bonchev–Trinajstić information content (AvgIpc) is 2.79. The van der Waals surface area contributed by atoms with Gasteiger partial charge in [0.25, 0.3) is 0 Å². The summed E-state index contributed by atoms with van der Waals surface area (Å²) in [5, 5.41) is 6.73. The van der Waals surface area contributed by atoms with Crippen LogP contribution in [0.1, 0.15) is 17.8 Å². The van der Waals surface area contributed by atoms with E-state index in [1.165, 1.54) is 0 Å². The standard InChI is InChI=1S/C13H24N4O3S/c1-11-13(12(2)15-14-11)21(18,19)17-8-6-16(7-9-17)5-4-10-20-3/h4-10H2,1-3H3,(H,14,15). The van der Waals surface area contributed by atoms with Crippen molar-refractivity contribution in [3.05, 3.63) is 11.4 Å². The summed E-state index contributed by atoms with van der Waals surface area (Å²) in [6, 6.07) is 0. The Morgan fingerprint density at radius 1 is 1.24 bits per heavy atom. The zero-order valence-corrected chi connectivity index (χ0v) is 13.7. The second kappa shape index (κ2) is 6.87. The Morgan fingerprint density at radius 3 is 2.43 bits per heavy atom.